The van der Waals surface area contributed by atoms with E-state index in [2.05, 4.69) is 32.9 Å². The van der Waals surface area contributed by atoms with E-state index >= 15 is 0 Å². The topological polar surface area (TPSA) is 40.6 Å². The predicted octanol–water partition coefficient (Wildman–Crippen LogP) is 4.87. The second-order valence-electron chi connectivity index (χ2n) is 8.25. The lowest BCUT2D eigenvalue weighted by Crippen LogP contribution is -2.44. The summed E-state index contributed by atoms with van der Waals surface area (Å²) in [5.74, 6) is 0.713. The number of thiophene rings is 1. The smallest absolute Gasteiger partial charge is 0.242 e. The minimum atomic E-state index is 0.0252. The maximum Gasteiger partial charge on any atom is 0.242 e. The molecule has 1 unspecified atom stereocenters. The number of nitrogens with zero attached hydrogens (tertiary/aromatic N) is 2. The van der Waals surface area contributed by atoms with E-state index in [1.54, 1.807) is 11.3 Å². The van der Waals surface area contributed by atoms with Crippen LogP contribution in [0.4, 0.5) is 0 Å². The quantitative estimate of drug-likeness (QED) is 0.559. The van der Waals surface area contributed by atoms with E-state index in [0.717, 1.165) is 24.8 Å². The van der Waals surface area contributed by atoms with Gasteiger partial charge in [-0.1, -0.05) is 50.6 Å². The highest BCUT2D eigenvalue weighted by molar-refractivity contribution is 7.11. The first-order valence-corrected chi connectivity index (χ1v) is 11.4. The van der Waals surface area contributed by atoms with Crippen molar-refractivity contribution in [1.29, 1.82) is 0 Å². The predicted molar refractivity (Wildman–Crippen MR) is 119 cm³/mol. The van der Waals surface area contributed by atoms with Crippen LogP contribution < -0.4 is 0 Å². The van der Waals surface area contributed by atoms with Gasteiger partial charge in [0.25, 0.3) is 0 Å². The molecule has 1 aliphatic carbocycles. The van der Waals surface area contributed by atoms with Gasteiger partial charge in [0.05, 0.1) is 13.1 Å². The fourth-order valence-electron chi connectivity index (χ4n) is 3.38. The Morgan fingerprint density at radius 1 is 1.07 bits per heavy atom. The van der Waals surface area contributed by atoms with Crippen LogP contribution in [0.3, 0.4) is 0 Å². The Kier molecular flexibility index (Phi) is 7.48. The first kappa shape index (κ1) is 21.6. The van der Waals surface area contributed by atoms with E-state index in [1.807, 2.05) is 40.1 Å². The fourth-order valence-corrected chi connectivity index (χ4v) is 4.29. The summed E-state index contributed by atoms with van der Waals surface area (Å²) < 4.78 is 0. The molecule has 0 spiro atoms. The van der Waals surface area contributed by atoms with E-state index in [1.165, 1.54) is 9.75 Å². The molecule has 2 amide bonds. The monoisotopic (exact) mass is 412 g/mol. The number of carbonyl (C=O) groups is 2. The van der Waals surface area contributed by atoms with Gasteiger partial charge in [0.15, 0.2) is 0 Å². The van der Waals surface area contributed by atoms with E-state index in [9.17, 15) is 9.59 Å². The molecule has 1 heterocycles. The number of aryl methyl sites for hydroxylation is 1. The standard InChI is InChI=1S/C24H32N2O2S/c1-4-18(2)14-26(24(28)21-11-12-21)17-23(27)25(15-20-8-6-5-7-9-20)16-22-13-10-19(3)29-22/h5-10,13,18,21H,4,11-12,14-17H2,1-3H3. The molecular formula is C24H32N2O2S. The lowest BCUT2D eigenvalue weighted by Gasteiger charge is -2.29. The van der Waals surface area contributed by atoms with Crippen LogP contribution in [0.5, 0.6) is 0 Å². The Hall–Kier alpha value is -2.14. The molecule has 1 aromatic heterocycles. The van der Waals surface area contributed by atoms with E-state index < -0.39 is 0 Å². The molecule has 1 fully saturated rings. The van der Waals surface area contributed by atoms with Crippen LogP contribution in [0.1, 0.15) is 48.4 Å². The second kappa shape index (κ2) is 10.1. The normalized spacial score (nSPS) is 14.4. The number of benzene rings is 1. The van der Waals surface area contributed by atoms with Gasteiger partial charge in [0, 0.05) is 28.8 Å². The summed E-state index contributed by atoms with van der Waals surface area (Å²) in [4.78, 5) is 32.2. The van der Waals surface area contributed by atoms with Gasteiger partial charge in [-0.3, -0.25) is 9.59 Å². The maximum absolute atomic E-state index is 13.3. The fraction of sp³-hybridized carbons (Fsp3) is 0.500. The Bertz CT molecular complexity index is 813. The van der Waals surface area contributed by atoms with Crippen LogP contribution in [0.15, 0.2) is 42.5 Å². The van der Waals surface area contributed by atoms with Crippen LogP contribution in [0.25, 0.3) is 0 Å². The molecule has 0 saturated heterocycles. The zero-order valence-electron chi connectivity index (χ0n) is 17.8. The average molecular weight is 413 g/mol. The van der Waals surface area contributed by atoms with Crippen molar-refractivity contribution in [1.82, 2.24) is 9.80 Å². The van der Waals surface area contributed by atoms with Gasteiger partial charge in [-0.05, 0) is 43.4 Å². The first-order chi connectivity index (χ1) is 14.0. The van der Waals surface area contributed by atoms with Gasteiger partial charge in [0.2, 0.25) is 11.8 Å². The number of rotatable bonds is 10. The average Bonchev–Trinajstić information content (AvgIpc) is 3.49. The SMILES string of the molecule is CCC(C)CN(CC(=O)N(Cc1ccccc1)Cc1ccc(C)s1)C(=O)C1CC1. The molecule has 0 radical (unpaired) electrons. The van der Waals surface area contributed by atoms with Crippen molar-refractivity contribution in [3.63, 3.8) is 0 Å². The summed E-state index contributed by atoms with van der Waals surface area (Å²) in [7, 11) is 0. The number of hydrogen-bond donors (Lipinski definition) is 0. The third kappa shape index (κ3) is 6.43. The third-order valence-corrected chi connectivity index (χ3v) is 6.49. The van der Waals surface area contributed by atoms with Crippen molar-refractivity contribution in [2.45, 2.75) is 53.1 Å². The molecule has 2 aromatic rings. The van der Waals surface area contributed by atoms with Crippen molar-refractivity contribution in [3.05, 3.63) is 57.8 Å². The zero-order chi connectivity index (χ0) is 20.8. The molecule has 3 rings (SSSR count). The van der Waals surface area contributed by atoms with Crippen LogP contribution in [0, 0.1) is 18.8 Å². The summed E-state index contributed by atoms with van der Waals surface area (Å²) in [5.41, 5.74) is 1.11. The van der Waals surface area contributed by atoms with Crippen LogP contribution in [-0.4, -0.2) is 34.7 Å². The van der Waals surface area contributed by atoms with Gasteiger partial charge in [-0.25, -0.2) is 0 Å². The molecule has 1 aliphatic rings. The Balaban J connectivity index is 1.74. The van der Waals surface area contributed by atoms with Crippen LogP contribution in [0.2, 0.25) is 0 Å². The van der Waals surface area contributed by atoms with E-state index in [-0.39, 0.29) is 24.3 Å². The maximum atomic E-state index is 13.3. The Labute approximate surface area is 178 Å². The molecule has 1 aromatic carbocycles. The largest absolute Gasteiger partial charge is 0.333 e. The lowest BCUT2D eigenvalue weighted by atomic mass is 10.1. The van der Waals surface area contributed by atoms with Crippen molar-refractivity contribution in [2.24, 2.45) is 11.8 Å². The number of amides is 2. The van der Waals surface area contributed by atoms with Crippen molar-refractivity contribution in [3.8, 4) is 0 Å². The molecule has 4 nitrogen and oxygen atoms in total. The minimum Gasteiger partial charge on any atom is -0.333 e. The van der Waals surface area contributed by atoms with Crippen LogP contribution >= 0.6 is 11.3 Å². The summed E-state index contributed by atoms with van der Waals surface area (Å²) >= 11 is 1.72. The molecule has 156 valence electrons. The summed E-state index contributed by atoms with van der Waals surface area (Å²) in [6.45, 7) is 8.35. The zero-order valence-corrected chi connectivity index (χ0v) is 18.6. The summed E-state index contributed by atoms with van der Waals surface area (Å²) in [5, 5.41) is 0. The molecule has 1 atom stereocenters. The Morgan fingerprint density at radius 2 is 1.79 bits per heavy atom. The third-order valence-electron chi connectivity index (χ3n) is 5.51. The highest BCUT2D eigenvalue weighted by atomic mass is 32.1. The summed E-state index contributed by atoms with van der Waals surface area (Å²) in [6.07, 6.45) is 2.93. The molecule has 5 heteroatoms. The summed E-state index contributed by atoms with van der Waals surface area (Å²) in [6, 6.07) is 14.3. The second-order valence-corrected chi connectivity index (χ2v) is 9.63. The van der Waals surface area contributed by atoms with Gasteiger partial charge < -0.3 is 9.80 Å². The number of carbonyl (C=O) groups excluding carboxylic acids is 2. The van der Waals surface area contributed by atoms with Gasteiger partial charge in [0.1, 0.15) is 0 Å². The van der Waals surface area contributed by atoms with Crippen LogP contribution in [-0.2, 0) is 22.7 Å². The van der Waals surface area contributed by atoms with Gasteiger partial charge >= 0.3 is 0 Å². The van der Waals surface area contributed by atoms with Gasteiger partial charge in [-0.2, -0.15) is 0 Å². The van der Waals surface area contributed by atoms with E-state index in [0.29, 0.717) is 25.6 Å². The van der Waals surface area contributed by atoms with Crippen molar-refractivity contribution < 1.29 is 9.59 Å². The molecule has 1 saturated carbocycles. The minimum absolute atomic E-state index is 0.0252. The molecule has 0 bridgehead atoms. The van der Waals surface area contributed by atoms with Crippen molar-refractivity contribution in [2.75, 3.05) is 13.1 Å². The molecule has 29 heavy (non-hydrogen) atoms. The molecule has 0 aliphatic heterocycles. The number of hydrogen-bond acceptors (Lipinski definition) is 3. The lowest BCUT2D eigenvalue weighted by molar-refractivity contribution is -0.142. The van der Waals surface area contributed by atoms with Gasteiger partial charge in [-0.15, -0.1) is 11.3 Å². The Morgan fingerprint density at radius 3 is 2.38 bits per heavy atom. The highest BCUT2D eigenvalue weighted by Crippen LogP contribution is 2.31. The molecule has 0 N–H and O–H groups in total. The molecular weight excluding hydrogens is 380 g/mol. The van der Waals surface area contributed by atoms with E-state index in [4.69, 9.17) is 0 Å². The first-order valence-electron chi connectivity index (χ1n) is 10.6. The highest BCUT2D eigenvalue weighted by Gasteiger charge is 2.35. The van der Waals surface area contributed by atoms with Crippen molar-refractivity contribution >= 4 is 23.2 Å².